The molecule has 20 heavy (non-hydrogen) atoms. The molecule has 8 heteroatoms. The Bertz CT molecular complexity index is 526. The lowest BCUT2D eigenvalue weighted by Gasteiger charge is -2.58. The summed E-state index contributed by atoms with van der Waals surface area (Å²) < 4.78 is 37.2. The van der Waals surface area contributed by atoms with E-state index in [4.69, 9.17) is 5.11 Å². The van der Waals surface area contributed by atoms with Crippen LogP contribution in [0.5, 0.6) is 0 Å². The lowest BCUT2D eigenvalue weighted by Crippen LogP contribution is -2.63. The summed E-state index contributed by atoms with van der Waals surface area (Å²) in [5.74, 6) is 0.312. The monoisotopic (exact) mass is 289 g/mol. The van der Waals surface area contributed by atoms with Crippen LogP contribution in [0.3, 0.4) is 0 Å². The van der Waals surface area contributed by atoms with E-state index in [0.717, 1.165) is 18.9 Å². The van der Waals surface area contributed by atoms with E-state index in [1.165, 1.54) is 4.90 Å². The molecule has 2 heterocycles. The number of carbonyl (C=O) groups is 1. The summed E-state index contributed by atoms with van der Waals surface area (Å²) in [7, 11) is 0. The topological polar surface area (TPSA) is 69.2 Å². The molecule has 0 atom stereocenters. The van der Waals surface area contributed by atoms with E-state index in [1.807, 2.05) is 0 Å². The summed E-state index contributed by atoms with van der Waals surface area (Å²) in [5, 5.41) is 14.5. The van der Waals surface area contributed by atoms with Gasteiger partial charge in [-0.15, -0.1) is 0 Å². The van der Waals surface area contributed by atoms with Crippen molar-refractivity contribution in [3.63, 3.8) is 0 Å². The number of rotatable bonds is 2. The van der Waals surface area contributed by atoms with E-state index in [1.54, 1.807) is 0 Å². The Morgan fingerprint density at radius 2 is 2.15 bits per heavy atom. The van der Waals surface area contributed by atoms with Crippen molar-refractivity contribution in [1.82, 2.24) is 15.1 Å². The maximum absolute atomic E-state index is 12.4. The van der Waals surface area contributed by atoms with Crippen LogP contribution in [0.2, 0.25) is 0 Å². The van der Waals surface area contributed by atoms with Crippen LogP contribution in [0.1, 0.15) is 24.2 Å². The molecule has 0 radical (unpaired) electrons. The summed E-state index contributed by atoms with van der Waals surface area (Å²) in [6.45, 7) is 1.10. The number of aromatic amines is 1. The number of amides is 1. The maximum Gasteiger partial charge on any atom is 0.435 e. The Morgan fingerprint density at radius 1 is 1.50 bits per heavy atom. The number of nitrogens with one attached hydrogen (secondary N) is 1. The number of alkyl halides is 3. The maximum atomic E-state index is 12.4. The lowest BCUT2D eigenvalue weighted by atomic mass is 9.57. The van der Waals surface area contributed by atoms with Crippen molar-refractivity contribution in [3.8, 4) is 0 Å². The van der Waals surface area contributed by atoms with Crippen LogP contribution in [-0.4, -0.2) is 39.4 Å². The molecule has 110 valence electrons. The van der Waals surface area contributed by atoms with Crippen molar-refractivity contribution >= 4 is 6.09 Å². The number of nitrogens with zero attached hydrogens (tertiary/aromatic N) is 2. The minimum Gasteiger partial charge on any atom is -0.465 e. The van der Waals surface area contributed by atoms with E-state index >= 15 is 0 Å². The molecule has 0 bridgehead atoms. The SMILES string of the molecule is O=C(O)N1CC2(CC(Cc3cc(C(F)(F)F)n[nH]3)C2)C1. The molecule has 2 fully saturated rings. The van der Waals surface area contributed by atoms with Crippen molar-refractivity contribution in [2.24, 2.45) is 11.3 Å². The van der Waals surface area contributed by atoms with Crippen LogP contribution in [-0.2, 0) is 12.6 Å². The second-order valence-electron chi connectivity index (χ2n) is 5.89. The number of H-pyrrole nitrogens is 1. The van der Waals surface area contributed by atoms with Gasteiger partial charge in [0, 0.05) is 24.2 Å². The van der Waals surface area contributed by atoms with Crippen molar-refractivity contribution in [3.05, 3.63) is 17.5 Å². The predicted octanol–water partition coefficient (Wildman–Crippen LogP) is 2.36. The third kappa shape index (κ3) is 2.23. The van der Waals surface area contributed by atoms with Gasteiger partial charge in [-0.25, -0.2) is 4.79 Å². The molecule has 2 aliphatic rings. The van der Waals surface area contributed by atoms with Crippen LogP contribution >= 0.6 is 0 Å². The van der Waals surface area contributed by atoms with Gasteiger partial charge in [-0.2, -0.15) is 18.3 Å². The van der Waals surface area contributed by atoms with Crippen molar-refractivity contribution in [2.45, 2.75) is 25.4 Å². The van der Waals surface area contributed by atoms with Crippen molar-refractivity contribution < 1.29 is 23.1 Å². The third-order valence-corrected chi connectivity index (χ3v) is 4.20. The molecule has 5 nitrogen and oxygen atoms in total. The summed E-state index contributed by atoms with van der Waals surface area (Å²) in [4.78, 5) is 12.1. The first-order valence-corrected chi connectivity index (χ1v) is 6.37. The first-order valence-electron chi connectivity index (χ1n) is 6.37. The fourth-order valence-electron chi connectivity index (χ4n) is 3.39. The van der Waals surface area contributed by atoms with E-state index in [2.05, 4.69) is 10.2 Å². The molecular formula is C12H14F3N3O2. The van der Waals surface area contributed by atoms with Gasteiger partial charge >= 0.3 is 12.3 Å². The number of carboxylic acid groups (broad SMARTS) is 1. The van der Waals surface area contributed by atoms with Crippen LogP contribution < -0.4 is 0 Å². The average Bonchev–Trinajstić information content (AvgIpc) is 2.66. The number of hydrogen-bond acceptors (Lipinski definition) is 2. The fourth-order valence-corrected chi connectivity index (χ4v) is 3.39. The highest BCUT2D eigenvalue weighted by Crippen LogP contribution is 2.52. The molecule has 1 aliphatic heterocycles. The number of hydrogen-bond donors (Lipinski definition) is 2. The van der Waals surface area contributed by atoms with E-state index in [-0.39, 0.29) is 5.41 Å². The van der Waals surface area contributed by atoms with E-state index in [0.29, 0.717) is 31.1 Å². The standard InChI is InChI=1S/C12H14F3N3O2/c13-12(14,15)9-2-8(16-17-9)1-7-3-11(4-7)5-18(6-11)10(19)20/h2,7H,1,3-6H2,(H,16,17)(H,19,20). The van der Waals surface area contributed by atoms with E-state index < -0.39 is 18.0 Å². The molecule has 0 aromatic carbocycles. The zero-order chi connectivity index (χ0) is 14.5. The molecule has 2 N–H and O–H groups in total. The van der Waals surface area contributed by atoms with Gasteiger partial charge in [-0.1, -0.05) is 0 Å². The van der Waals surface area contributed by atoms with Crippen LogP contribution in [0, 0.1) is 11.3 Å². The Morgan fingerprint density at radius 3 is 2.65 bits per heavy atom. The third-order valence-electron chi connectivity index (χ3n) is 4.20. The summed E-state index contributed by atoms with van der Waals surface area (Å²) in [5.41, 5.74) is -0.315. The van der Waals surface area contributed by atoms with Gasteiger partial charge in [0.25, 0.3) is 0 Å². The summed E-state index contributed by atoms with van der Waals surface area (Å²) >= 11 is 0. The highest BCUT2D eigenvalue weighted by Gasteiger charge is 2.53. The minimum absolute atomic E-state index is 0.0793. The first kappa shape index (κ1) is 13.3. The van der Waals surface area contributed by atoms with Crippen LogP contribution in [0.4, 0.5) is 18.0 Å². The average molecular weight is 289 g/mol. The second kappa shape index (κ2) is 4.13. The molecule has 1 aromatic heterocycles. The zero-order valence-electron chi connectivity index (χ0n) is 10.6. The number of halogens is 3. The van der Waals surface area contributed by atoms with Gasteiger partial charge < -0.3 is 10.0 Å². The predicted molar refractivity (Wildman–Crippen MR) is 62.0 cm³/mol. The molecule has 1 saturated carbocycles. The molecule has 3 rings (SSSR count). The summed E-state index contributed by atoms with van der Waals surface area (Å²) in [6.07, 6.45) is -3.03. The molecular weight excluding hydrogens is 275 g/mol. The normalized spacial score (nSPS) is 21.6. The van der Waals surface area contributed by atoms with Gasteiger partial charge in [0.1, 0.15) is 0 Å². The van der Waals surface area contributed by atoms with Gasteiger partial charge in [0.05, 0.1) is 0 Å². The Balaban J connectivity index is 1.50. The van der Waals surface area contributed by atoms with Crippen LogP contribution in [0.15, 0.2) is 6.07 Å². The molecule has 0 unspecified atom stereocenters. The van der Waals surface area contributed by atoms with E-state index in [9.17, 15) is 18.0 Å². The molecule has 1 aliphatic carbocycles. The highest BCUT2D eigenvalue weighted by molar-refractivity contribution is 5.66. The Kier molecular flexibility index (Phi) is 2.74. The minimum atomic E-state index is -4.41. The lowest BCUT2D eigenvalue weighted by molar-refractivity contribution is -0.141. The van der Waals surface area contributed by atoms with Crippen LogP contribution in [0.25, 0.3) is 0 Å². The van der Waals surface area contributed by atoms with Gasteiger partial charge in [-0.3, -0.25) is 5.10 Å². The zero-order valence-corrected chi connectivity index (χ0v) is 10.6. The van der Waals surface area contributed by atoms with Crippen molar-refractivity contribution in [2.75, 3.05) is 13.1 Å². The van der Waals surface area contributed by atoms with Gasteiger partial charge in [0.2, 0.25) is 0 Å². The van der Waals surface area contributed by atoms with Gasteiger partial charge in [0.15, 0.2) is 5.69 Å². The molecule has 1 aromatic rings. The quantitative estimate of drug-likeness (QED) is 0.878. The van der Waals surface area contributed by atoms with Gasteiger partial charge in [-0.05, 0) is 31.2 Å². The van der Waals surface area contributed by atoms with Crippen molar-refractivity contribution in [1.29, 1.82) is 0 Å². The Hall–Kier alpha value is -1.73. The first-order chi connectivity index (χ1) is 9.27. The highest BCUT2D eigenvalue weighted by atomic mass is 19.4. The summed E-state index contributed by atoms with van der Waals surface area (Å²) in [6, 6.07) is 1.05. The molecule has 1 saturated heterocycles. The smallest absolute Gasteiger partial charge is 0.435 e. The fraction of sp³-hybridized carbons (Fsp3) is 0.667. The molecule has 1 amide bonds. The molecule has 1 spiro atoms. The second-order valence-corrected chi connectivity index (χ2v) is 5.89. The number of aromatic nitrogens is 2. The largest absolute Gasteiger partial charge is 0.465 e. The Labute approximate surface area is 112 Å². The number of likely N-dealkylation sites (tertiary alicyclic amines) is 1.